The van der Waals surface area contributed by atoms with E-state index in [1.165, 1.54) is 0 Å². The van der Waals surface area contributed by atoms with Gasteiger partial charge in [-0.25, -0.2) is 0 Å². The predicted octanol–water partition coefficient (Wildman–Crippen LogP) is 4.10. The van der Waals surface area contributed by atoms with Crippen LogP contribution in [0, 0.1) is 0 Å². The van der Waals surface area contributed by atoms with Crippen molar-refractivity contribution in [2.24, 2.45) is 0 Å². The highest BCUT2D eigenvalue weighted by molar-refractivity contribution is 5.88. The van der Waals surface area contributed by atoms with Crippen LogP contribution < -0.4 is 15.4 Å². The Hall–Kier alpha value is -2.75. The maximum Gasteiger partial charge on any atom is 0.246 e. The molecule has 0 aliphatic carbocycles. The summed E-state index contributed by atoms with van der Waals surface area (Å²) in [5, 5.41) is 6.29. The number of hydrogen-bond donors (Lipinski definition) is 2. The van der Waals surface area contributed by atoms with E-state index in [1.54, 1.807) is 7.11 Å². The molecule has 4 nitrogen and oxygen atoms in total. The molecule has 0 saturated heterocycles. The molecule has 2 aromatic rings. The third-order valence-corrected chi connectivity index (χ3v) is 3.47. The summed E-state index contributed by atoms with van der Waals surface area (Å²) in [6.07, 6.45) is 3.82. The van der Waals surface area contributed by atoms with Crippen molar-refractivity contribution in [3.05, 3.63) is 66.2 Å². The van der Waals surface area contributed by atoms with Gasteiger partial charge in [-0.15, -0.1) is 0 Å². The van der Waals surface area contributed by atoms with Gasteiger partial charge in [-0.2, -0.15) is 0 Å². The Bertz CT molecular complexity index is 701. The van der Waals surface area contributed by atoms with E-state index in [0.717, 1.165) is 17.0 Å². The molecule has 132 valence electrons. The van der Waals surface area contributed by atoms with Gasteiger partial charge >= 0.3 is 0 Å². The summed E-state index contributed by atoms with van der Waals surface area (Å²) in [5.41, 5.74) is 1.61. The number of hydrogen-bond acceptors (Lipinski definition) is 3. The molecule has 0 aliphatic heterocycles. The molecule has 1 amide bonds. The molecule has 0 saturated carbocycles. The Balaban J connectivity index is 2.18. The van der Waals surface area contributed by atoms with Crippen LogP contribution in [0.3, 0.4) is 0 Å². The number of ether oxygens (including phenoxy) is 1. The van der Waals surface area contributed by atoms with Crippen molar-refractivity contribution in [1.29, 1.82) is 0 Å². The van der Waals surface area contributed by atoms with Crippen molar-refractivity contribution in [2.45, 2.75) is 32.4 Å². The zero-order valence-electron chi connectivity index (χ0n) is 15.2. The van der Waals surface area contributed by atoms with Gasteiger partial charge in [0.2, 0.25) is 5.91 Å². The average molecular weight is 338 g/mol. The van der Waals surface area contributed by atoms with E-state index in [1.807, 2.05) is 87.5 Å². The number of anilines is 1. The fourth-order valence-corrected chi connectivity index (χ4v) is 2.29. The highest BCUT2D eigenvalue weighted by Crippen LogP contribution is 2.17. The quantitative estimate of drug-likeness (QED) is 0.833. The lowest BCUT2D eigenvalue weighted by atomic mass is 10.1. The fraction of sp³-hybridized carbons (Fsp3) is 0.286. The Labute approximate surface area is 149 Å². The Morgan fingerprint density at radius 3 is 2.24 bits per heavy atom. The summed E-state index contributed by atoms with van der Waals surface area (Å²) < 4.78 is 5.17. The number of rotatable bonds is 6. The zero-order chi connectivity index (χ0) is 18.3. The second kappa shape index (κ2) is 8.38. The van der Waals surface area contributed by atoms with Crippen LogP contribution in [-0.4, -0.2) is 24.6 Å². The molecule has 0 bridgehead atoms. The monoisotopic (exact) mass is 338 g/mol. The summed E-state index contributed by atoms with van der Waals surface area (Å²) in [5.74, 6) is 0.705. The topological polar surface area (TPSA) is 50.4 Å². The molecule has 2 rings (SSSR count). The van der Waals surface area contributed by atoms with Crippen molar-refractivity contribution >= 4 is 17.7 Å². The van der Waals surface area contributed by atoms with Gasteiger partial charge in [0.15, 0.2) is 0 Å². The molecule has 0 aromatic heterocycles. The van der Waals surface area contributed by atoms with Gasteiger partial charge < -0.3 is 15.4 Å². The summed E-state index contributed by atoms with van der Waals surface area (Å²) in [6, 6.07) is 17.0. The molecule has 0 radical (unpaired) electrons. The molecule has 0 fully saturated rings. The van der Waals surface area contributed by atoms with E-state index in [0.29, 0.717) is 0 Å². The summed E-state index contributed by atoms with van der Waals surface area (Å²) in [4.78, 5) is 12.7. The SMILES string of the molecule is COc1ccc(NC(/C=C/c2ccccc2)C(=O)NC(C)(C)C)cc1. The first-order valence-electron chi connectivity index (χ1n) is 8.33. The van der Waals surface area contributed by atoms with E-state index in [4.69, 9.17) is 4.74 Å². The van der Waals surface area contributed by atoms with Crippen molar-refractivity contribution in [3.63, 3.8) is 0 Å². The number of benzene rings is 2. The van der Waals surface area contributed by atoms with Gasteiger partial charge in [-0.05, 0) is 50.6 Å². The van der Waals surface area contributed by atoms with Gasteiger partial charge in [0.25, 0.3) is 0 Å². The second-order valence-corrected chi connectivity index (χ2v) is 6.86. The Morgan fingerprint density at radius 1 is 1.04 bits per heavy atom. The standard InChI is InChI=1S/C21H26N2O2/c1-21(2,3)23-20(24)19(15-10-16-8-6-5-7-9-16)22-17-11-13-18(25-4)14-12-17/h5-15,19,22H,1-4H3,(H,23,24)/b15-10+. The minimum atomic E-state index is -0.479. The van der Waals surface area contributed by atoms with Crippen LogP contribution in [0.15, 0.2) is 60.7 Å². The minimum absolute atomic E-state index is 0.0736. The van der Waals surface area contributed by atoms with E-state index < -0.39 is 6.04 Å². The third-order valence-electron chi connectivity index (χ3n) is 3.47. The molecule has 2 N–H and O–H groups in total. The first-order chi connectivity index (χ1) is 11.9. The van der Waals surface area contributed by atoms with Crippen LogP contribution in [0.5, 0.6) is 5.75 Å². The molecular formula is C21H26N2O2. The van der Waals surface area contributed by atoms with Gasteiger partial charge in [-0.3, -0.25) is 4.79 Å². The molecule has 1 unspecified atom stereocenters. The van der Waals surface area contributed by atoms with Crippen LogP contribution in [0.25, 0.3) is 6.08 Å². The minimum Gasteiger partial charge on any atom is -0.497 e. The van der Waals surface area contributed by atoms with E-state index in [-0.39, 0.29) is 11.4 Å². The number of carbonyl (C=O) groups excluding carboxylic acids is 1. The number of carbonyl (C=O) groups is 1. The average Bonchev–Trinajstić information content (AvgIpc) is 2.58. The summed E-state index contributed by atoms with van der Waals surface area (Å²) >= 11 is 0. The summed E-state index contributed by atoms with van der Waals surface area (Å²) in [7, 11) is 1.63. The van der Waals surface area contributed by atoms with Crippen LogP contribution in [0.4, 0.5) is 5.69 Å². The largest absolute Gasteiger partial charge is 0.497 e. The maximum absolute atomic E-state index is 12.7. The van der Waals surface area contributed by atoms with E-state index >= 15 is 0 Å². The first-order valence-corrected chi connectivity index (χ1v) is 8.33. The van der Waals surface area contributed by atoms with Crippen molar-refractivity contribution in [3.8, 4) is 5.75 Å². The number of methoxy groups -OCH3 is 1. The lowest BCUT2D eigenvalue weighted by Gasteiger charge is -2.24. The van der Waals surface area contributed by atoms with Gasteiger partial charge in [0.05, 0.1) is 7.11 Å². The second-order valence-electron chi connectivity index (χ2n) is 6.86. The lowest BCUT2D eigenvalue weighted by molar-refractivity contribution is -0.122. The first kappa shape index (κ1) is 18.6. The van der Waals surface area contributed by atoms with Gasteiger partial charge in [-0.1, -0.05) is 42.5 Å². The molecule has 0 aliphatic rings. The highest BCUT2D eigenvalue weighted by atomic mass is 16.5. The van der Waals surface area contributed by atoms with E-state index in [2.05, 4.69) is 10.6 Å². The molecule has 1 atom stereocenters. The molecular weight excluding hydrogens is 312 g/mol. The van der Waals surface area contributed by atoms with Crippen molar-refractivity contribution in [1.82, 2.24) is 5.32 Å². The van der Waals surface area contributed by atoms with Crippen LogP contribution in [0.1, 0.15) is 26.3 Å². The van der Waals surface area contributed by atoms with Crippen molar-refractivity contribution in [2.75, 3.05) is 12.4 Å². The maximum atomic E-state index is 12.7. The smallest absolute Gasteiger partial charge is 0.246 e. The molecule has 25 heavy (non-hydrogen) atoms. The number of amides is 1. The Morgan fingerprint density at radius 2 is 1.68 bits per heavy atom. The van der Waals surface area contributed by atoms with Crippen LogP contribution >= 0.6 is 0 Å². The van der Waals surface area contributed by atoms with Gasteiger partial charge in [0.1, 0.15) is 11.8 Å². The number of nitrogens with one attached hydrogen (secondary N) is 2. The van der Waals surface area contributed by atoms with Crippen LogP contribution in [-0.2, 0) is 4.79 Å². The molecule has 4 heteroatoms. The zero-order valence-corrected chi connectivity index (χ0v) is 15.2. The summed E-state index contributed by atoms with van der Waals surface area (Å²) in [6.45, 7) is 5.91. The molecule has 2 aromatic carbocycles. The van der Waals surface area contributed by atoms with Crippen molar-refractivity contribution < 1.29 is 9.53 Å². The van der Waals surface area contributed by atoms with Gasteiger partial charge in [0, 0.05) is 11.2 Å². The third kappa shape index (κ3) is 6.34. The fourth-order valence-electron chi connectivity index (χ4n) is 2.29. The van der Waals surface area contributed by atoms with Crippen LogP contribution in [0.2, 0.25) is 0 Å². The Kier molecular flexibility index (Phi) is 6.23. The molecule has 0 heterocycles. The normalized spacial score (nSPS) is 12.6. The molecule has 0 spiro atoms. The van der Waals surface area contributed by atoms with E-state index in [9.17, 15) is 4.79 Å². The predicted molar refractivity (Wildman–Crippen MR) is 104 cm³/mol. The highest BCUT2D eigenvalue weighted by Gasteiger charge is 2.20. The lowest BCUT2D eigenvalue weighted by Crippen LogP contribution is -2.47.